The van der Waals surface area contributed by atoms with Crippen molar-refractivity contribution in [2.24, 2.45) is 0 Å². The smallest absolute Gasteiger partial charge is 0.163 e. The molecule has 1 aliphatic carbocycles. The standard InChI is InChI=1S/C14H18O2/c1-8-11-6-4-5-7-12(11)9(2)14(16)13(8)10(3)15/h16H,4-7H2,1-3H3. The first-order chi connectivity index (χ1) is 7.54. The molecule has 0 unspecified atom stereocenters. The third-order valence-electron chi connectivity index (χ3n) is 3.69. The Hall–Kier alpha value is -1.31. The van der Waals surface area contributed by atoms with Gasteiger partial charge in [0.05, 0.1) is 5.56 Å². The second-order valence-corrected chi connectivity index (χ2v) is 4.69. The summed E-state index contributed by atoms with van der Waals surface area (Å²) in [6.07, 6.45) is 4.46. The van der Waals surface area contributed by atoms with Crippen LogP contribution in [0.3, 0.4) is 0 Å². The van der Waals surface area contributed by atoms with Crippen molar-refractivity contribution in [1.29, 1.82) is 0 Å². The minimum atomic E-state index is -0.0357. The van der Waals surface area contributed by atoms with Gasteiger partial charge in [0.25, 0.3) is 0 Å². The van der Waals surface area contributed by atoms with E-state index in [-0.39, 0.29) is 11.5 Å². The molecule has 0 saturated heterocycles. The highest BCUT2D eigenvalue weighted by molar-refractivity contribution is 5.99. The summed E-state index contributed by atoms with van der Waals surface area (Å²) in [6.45, 7) is 5.40. The van der Waals surface area contributed by atoms with Gasteiger partial charge in [0.1, 0.15) is 5.75 Å². The number of aromatic hydroxyl groups is 1. The van der Waals surface area contributed by atoms with Crippen LogP contribution in [-0.2, 0) is 12.8 Å². The van der Waals surface area contributed by atoms with Gasteiger partial charge in [-0.2, -0.15) is 0 Å². The van der Waals surface area contributed by atoms with E-state index in [1.54, 1.807) is 0 Å². The van der Waals surface area contributed by atoms with E-state index in [1.165, 1.54) is 30.9 Å². The maximum absolute atomic E-state index is 11.6. The molecule has 0 atom stereocenters. The summed E-state index contributed by atoms with van der Waals surface area (Å²) >= 11 is 0. The van der Waals surface area contributed by atoms with Crippen molar-refractivity contribution in [1.82, 2.24) is 0 Å². The summed E-state index contributed by atoms with van der Waals surface area (Å²) in [5.41, 5.74) is 4.99. The largest absolute Gasteiger partial charge is 0.507 e. The molecule has 2 heteroatoms. The Balaban J connectivity index is 2.75. The van der Waals surface area contributed by atoms with E-state index in [9.17, 15) is 9.90 Å². The number of Topliss-reactive ketones (excluding diaryl/α,β-unsaturated/α-hetero) is 1. The molecule has 1 aromatic carbocycles. The molecule has 1 aromatic rings. The van der Waals surface area contributed by atoms with Gasteiger partial charge in [-0.25, -0.2) is 0 Å². The van der Waals surface area contributed by atoms with Crippen molar-refractivity contribution in [3.8, 4) is 5.75 Å². The maximum Gasteiger partial charge on any atom is 0.163 e. The van der Waals surface area contributed by atoms with E-state index in [2.05, 4.69) is 0 Å². The zero-order valence-corrected chi connectivity index (χ0v) is 10.2. The lowest BCUT2D eigenvalue weighted by atomic mass is 9.82. The number of carbonyl (C=O) groups excluding carboxylic acids is 1. The summed E-state index contributed by atoms with van der Waals surface area (Å²) < 4.78 is 0. The van der Waals surface area contributed by atoms with Crippen LogP contribution >= 0.6 is 0 Å². The van der Waals surface area contributed by atoms with E-state index in [0.717, 1.165) is 24.0 Å². The van der Waals surface area contributed by atoms with Crippen molar-refractivity contribution < 1.29 is 9.90 Å². The lowest BCUT2D eigenvalue weighted by Gasteiger charge is -2.23. The van der Waals surface area contributed by atoms with Crippen LogP contribution in [0.5, 0.6) is 5.75 Å². The number of carbonyl (C=O) groups is 1. The molecule has 0 bridgehead atoms. The fraction of sp³-hybridized carbons (Fsp3) is 0.500. The van der Waals surface area contributed by atoms with Crippen molar-refractivity contribution in [2.75, 3.05) is 0 Å². The molecule has 86 valence electrons. The summed E-state index contributed by atoms with van der Waals surface area (Å²) in [5, 5.41) is 10.1. The molecular formula is C14H18O2. The minimum Gasteiger partial charge on any atom is -0.507 e. The van der Waals surface area contributed by atoms with Crippen LogP contribution in [0.25, 0.3) is 0 Å². The molecule has 0 radical (unpaired) electrons. The van der Waals surface area contributed by atoms with Gasteiger partial charge in [-0.1, -0.05) is 0 Å². The average molecular weight is 218 g/mol. The molecule has 0 spiro atoms. The monoisotopic (exact) mass is 218 g/mol. The van der Waals surface area contributed by atoms with Crippen molar-refractivity contribution in [3.63, 3.8) is 0 Å². The maximum atomic E-state index is 11.6. The van der Waals surface area contributed by atoms with E-state index < -0.39 is 0 Å². The van der Waals surface area contributed by atoms with Gasteiger partial charge in [0.15, 0.2) is 5.78 Å². The molecule has 0 heterocycles. The van der Waals surface area contributed by atoms with E-state index in [1.807, 2.05) is 13.8 Å². The Morgan fingerprint density at radius 2 is 1.56 bits per heavy atom. The molecule has 0 amide bonds. The minimum absolute atomic E-state index is 0.0357. The fourth-order valence-corrected chi connectivity index (χ4v) is 2.82. The first kappa shape index (κ1) is 11.2. The number of hydrogen-bond donors (Lipinski definition) is 1. The third kappa shape index (κ3) is 1.53. The SMILES string of the molecule is CC(=O)c1c(C)c2c(c(C)c1O)CCCC2. The van der Waals surface area contributed by atoms with Crippen LogP contribution in [0, 0.1) is 13.8 Å². The predicted molar refractivity (Wildman–Crippen MR) is 64.2 cm³/mol. The lowest BCUT2D eigenvalue weighted by Crippen LogP contribution is -2.11. The molecule has 0 fully saturated rings. The zero-order chi connectivity index (χ0) is 11.9. The molecule has 16 heavy (non-hydrogen) atoms. The van der Waals surface area contributed by atoms with Crippen LogP contribution in [0.1, 0.15) is 52.4 Å². The van der Waals surface area contributed by atoms with Gasteiger partial charge in [0.2, 0.25) is 0 Å². The van der Waals surface area contributed by atoms with E-state index >= 15 is 0 Å². The number of hydrogen-bond acceptors (Lipinski definition) is 2. The molecule has 2 nitrogen and oxygen atoms in total. The molecule has 2 rings (SSSR count). The number of rotatable bonds is 1. The van der Waals surface area contributed by atoms with Crippen molar-refractivity contribution in [2.45, 2.75) is 46.5 Å². The van der Waals surface area contributed by atoms with Gasteiger partial charge in [-0.05, 0) is 68.7 Å². The Morgan fingerprint density at radius 1 is 1.06 bits per heavy atom. The van der Waals surface area contributed by atoms with Crippen molar-refractivity contribution >= 4 is 5.78 Å². The molecular weight excluding hydrogens is 200 g/mol. The number of phenolic OH excluding ortho intramolecular Hbond substituents is 1. The Bertz CT molecular complexity index is 459. The second kappa shape index (κ2) is 3.93. The highest BCUT2D eigenvalue weighted by atomic mass is 16.3. The fourth-order valence-electron chi connectivity index (χ4n) is 2.82. The summed E-state index contributed by atoms with van der Waals surface area (Å²) in [4.78, 5) is 11.6. The predicted octanol–water partition coefficient (Wildman–Crippen LogP) is 3.09. The third-order valence-corrected chi connectivity index (χ3v) is 3.69. The number of phenols is 1. The van der Waals surface area contributed by atoms with Gasteiger partial charge in [-0.3, -0.25) is 4.79 Å². The van der Waals surface area contributed by atoms with Crippen LogP contribution in [-0.4, -0.2) is 10.9 Å². The van der Waals surface area contributed by atoms with E-state index in [0.29, 0.717) is 5.56 Å². The zero-order valence-electron chi connectivity index (χ0n) is 10.2. The van der Waals surface area contributed by atoms with Gasteiger partial charge >= 0.3 is 0 Å². The van der Waals surface area contributed by atoms with Crippen LogP contribution in [0.15, 0.2) is 0 Å². The van der Waals surface area contributed by atoms with Gasteiger partial charge in [0, 0.05) is 0 Å². The molecule has 1 aliphatic rings. The van der Waals surface area contributed by atoms with Crippen LogP contribution in [0.2, 0.25) is 0 Å². The Labute approximate surface area is 96.3 Å². The topological polar surface area (TPSA) is 37.3 Å². The normalized spacial score (nSPS) is 14.7. The number of ketones is 1. The van der Waals surface area contributed by atoms with Crippen LogP contribution < -0.4 is 0 Å². The van der Waals surface area contributed by atoms with Gasteiger partial charge < -0.3 is 5.11 Å². The Morgan fingerprint density at radius 3 is 2.06 bits per heavy atom. The molecule has 1 N–H and O–H groups in total. The van der Waals surface area contributed by atoms with Crippen LogP contribution in [0.4, 0.5) is 0 Å². The lowest BCUT2D eigenvalue weighted by molar-refractivity contribution is 0.101. The number of benzene rings is 1. The van der Waals surface area contributed by atoms with Gasteiger partial charge in [-0.15, -0.1) is 0 Å². The summed E-state index contributed by atoms with van der Waals surface area (Å²) in [6, 6.07) is 0. The quantitative estimate of drug-likeness (QED) is 0.735. The Kier molecular flexibility index (Phi) is 2.75. The highest BCUT2D eigenvalue weighted by Gasteiger charge is 2.22. The molecule has 0 saturated carbocycles. The summed E-state index contributed by atoms with van der Waals surface area (Å²) in [7, 11) is 0. The van der Waals surface area contributed by atoms with E-state index in [4.69, 9.17) is 0 Å². The number of fused-ring (bicyclic) bond motifs is 1. The second-order valence-electron chi connectivity index (χ2n) is 4.69. The first-order valence-corrected chi connectivity index (χ1v) is 5.88. The summed E-state index contributed by atoms with van der Waals surface area (Å²) in [5.74, 6) is 0.164. The first-order valence-electron chi connectivity index (χ1n) is 5.88. The molecule has 0 aliphatic heterocycles. The molecule has 0 aromatic heterocycles. The average Bonchev–Trinajstić information content (AvgIpc) is 2.26. The van der Waals surface area contributed by atoms with Crippen molar-refractivity contribution in [3.05, 3.63) is 27.8 Å². The highest BCUT2D eigenvalue weighted by Crippen LogP contribution is 2.36.